The van der Waals surface area contributed by atoms with Crippen LogP contribution in [0.15, 0.2) is 47.4 Å². The molecule has 0 N–H and O–H groups in total. The molecule has 1 amide bonds. The van der Waals surface area contributed by atoms with Crippen molar-refractivity contribution in [2.75, 3.05) is 20.3 Å². The number of hydrogen-bond acceptors (Lipinski definition) is 7. The lowest BCUT2D eigenvalue weighted by Crippen LogP contribution is -2.35. The second kappa shape index (κ2) is 9.85. The maximum absolute atomic E-state index is 12.9. The summed E-state index contributed by atoms with van der Waals surface area (Å²) in [5.74, 6) is 0.121. The first-order valence-electron chi connectivity index (χ1n) is 10.3. The quantitative estimate of drug-likeness (QED) is 0.265. The zero-order valence-electron chi connectivity index (χ0n) is 17.8. The van der Waals surface area contributed by atoms with E-state index in [0.29, 0.717) is 32.8 Å². The molecule has 2 aromatic rings. The Bertz CT molecular complexity index is 1090. The molecule has 2 saturated heterocycles. The molecule has 0 radical (unpaired) electrons. The van der Waals surface area contributed by atoms with Gasteiger partial charge < -0.3 is 14.2 Å². The van der Waals surface area contributed by atoms with Gasteiger partial charge in [0, 0.05) is 6.61 Å². The number of thioether (sulfide) groups is 1. The molecule has 2 aromatic carbocycles. The van der Waals surface area contributed by atoms with Gasteiger partial charge in [0.2, 0.25) is 0 Å². The molecular formula is C24H23NO5S2. The van der Waals surface area contributed by atoms with Gasteiger partial charge in [0.15, 0.2) is 11.5 Å². The van der Waals surface area contributed by atoms with Crippen molar-refractivity contribution < 1.29 is 23.8 Å². The molecule has 32 heavy (non-hydrogen) atoms. The fourth-order valence-corrected chi connectivity index (χ4v) is 4.86. The van der Waals surface area contributed by atoms with Crippen molar-refractivity contribution in [2.45, 2.75) is 25.9 Å². The van der Waals surface area contributed by atoms with Gasteiger partial charge in [0.05, 0.1) is 30.2 Å². The van der Waals surface area contributed by atoms with Gasteiger partial charge in [-0.25, -0.2) is 4.79 Å². The minimum Gasteiger partial charge on any atom is -0.493 e. The van der Waals surface area contributed by atoms with Crippen molar-refractivity contribution in [1.82, 2.24) is 4.90 Å². The lowest BCUT2D eigenvalue weighted by Gasteiger charge is -2.18. The van der Waals surface area contributed by atoms with Gasteiger partial charge in [-0.05, 0) is 55.7 Å². The zero-order chi connectivity index (χ0) is 22.7. The van der Waals surface area contributed by atoms with Gasteiger partial charge in [-0.15, -0.1) is 0 Å². The first-order valence-corrected chi connectivity index (χ1v) is 11.5. The zero-order valence-corrected chi connectivity index (χ0v) is 19.5. The first-order chi connectivity index (χ1) is 15.4. The number of carbonyl (C=O) groups is 2. The molecule has 0 spiro atoms. The summed E-state index contributed by atoms with van der Waals surface area (Å²) in [5, 5.41) is 0. The predicted molar refractivity (Wildman–Crippen MR) is 128 cm³/mol. The number of esters is 1. The molecule has 2 aliphatic heterocycles. The van der Waals surface area contributed by atoms with Crippen LogP contribution in [0.1, 0.15) is 34.3 Å². The number of nitrogens with zero attached hydrogens (tertiary/aromatic N) is 1. The minimum absolute atomic E-state index is 0.0410. The highest BCUT2D eigenvalue weighted by molar-refractivity contribution is 8.26. The van der Waals surface area contributed by atoms with Crippen molar-refractivity contribution in [2.24, 2.45) is 0 Å². The highest BCUT2D eigenvalue weighted by Gasteiger charge is 2.34. The van der Waals surface area contributed by atoms with E-state index in [9.17, 15) is 9.59 Å². The standard InChI is InChI=1S/C24H23NO5S2/c1-15-5-3-6-17(11-15)23(27)30-19-9-8-16(12-20(19)28-2)13-21-22(26)25(24(31)32-21)14-18-7-4-10-29-18/h3,5-6,8-9,11-13,18H,4,7,10,14H2,1-2H3/b21-13-/t18-/m0/s1. The highest BCUT2D eigenvalue weighted by atomic mass is 32.2. The summed E-state index contributed by atoms with van der Waals surface area (Å²) in [4.78, 5) is 27.5. The van der Waals surface area contributed by atoms with Crippen LogP contribution in [0.3, 0.4) is 0 Å². The number of rotatable bonds is 6. The van der Waals surface area contributed by atoms with Crippen LogP contribution in [-0.4, -0.2) is 47.5 Å². The van der Waals surface area contributed by atoms with Gasteiger partial charge in [0.1, 0.15) is 4.32 Å². The molecule has 0 saturated carbocycles. The van der Waals surface area contributed by atoms with E-state index in [1.807, 2.05) is 13.0 Å². The lowest BCUT2D eigenvalue weighted by atomic mass is 10.1. The summed E-state index contributed by atoms with van der Waals surface area (Å²) in [6.45, 7) is 3.13. The van der Waals surface area contributed by atoms with E-state index >= 15 is 0 Å². The average molecular weight is 470 g/mol. The second-order valence-corrected chi connectivity index (χ2v) is 9.27. The second-order valence-electron chi connectivity index (χ2n) is 7.60. The molecule has 0 unspecified atom stereocenters. The Morgan fingerprint density at radius 3 is 2.84 bits per heavy atom. The van der Waals surface area contributed by atoms with Crippen LogP contribution in [0, 0.1) is 6.92 Å². The lowest BCUT2D eigenvalue weighted by molar-refractivity contribution is -0.123. The number of ether oxygens (including phenoxy) is 3. The van der Waals surface area contributed by atoms with Crippen LogP contribution >= 0.6 is 24.0 Å². The third-order valence-corrected chi connectivity index (χ3v) is 6.60. The van der Waals surface area contributed by atoms with Crippen LogP contribution in [-0.2, 0) is 9.53 Å². The van der Waals surface area contributed by atoms with Crippen molar-refractivity contribution in [1.29, 1.82) is 0 Å². The third kappa shape index (κ3) is 5.03. The molecule has 0 aliphatic carbocycles. The molecular weight excluding hydrogens is 446 g/mol. The molecule has 2 heterocycles. The van der Waals surface area contributed by atoms with Crippen molar-refractivity contribution >= 4 is 46.3 Å². The van der Waals surface area contributed by atoms with E-state index in [1.54, 1.807) is 47.4 Å². The molecule has 4 rings (SSSR count). The largest absolute Gasteiger partial charge is 0.493 e. The molecule has 0 bridgehead atoms. The van der Waals surface area contributed by atoms with E-state index in [1.165, 1.54) is 18.9 Å². The fraction of sp³-hybridized carbons (Fsp3) is 0.292. The first kappa shape index (κ1) is 22.5. The third-order valence-electron chi connectivity index (χ3n) is 5.23. The summed E-state index contributed by atoms with van der Waals surface area (Å²) in [6.07, 6.45) is 3.76. The van der Waals surface area contributed by atoms with Gasteiger partial charge in [-0.3, -0.25) is 9.69 Å². The molecule has 2 fully saturated rings. The van der Waals surface area contributed by atoms with E-state index in [-0.39, 0.29) is 12.0 Å². The summed E-state index contributed by atoms with van der Waals surface area (Å²) in [7, 11) is 1.50. The maximum atomic E-state index is 12.9. The Labute approximate surface area is 196 Å². The van der Waals surface area contributed by atoms with Gasteiger partial charge in [-0.2, -0.15) is 0 Å². The smallest absolute Gasteiger partial charge is 0.343 e. The van der Waals surface area contributed by atoms with E-state index in [4.69, 9.17) is 26.4 Å². The maximum Gasteiger partial charge on any atom is 0.343 e. The molecule has 6 nitrogen and oxygen atoms in total. The van der Waals surface area contributed by atoms with E-state index in [0.717, 1.165) is 30.6 Å². The molecule has 166 valence electrons. The highest BCUT2D eigenvalue weighted by Crippen LogP contribution is 2.35. The number of hydrogen-bond donors (Lipinski definition) is 0. The summed E-state index contributed by atoms with van der Waals surface area (Å²) >= 11 is 6.68. The monoisotopic (exact) mass is 469 g/mol. The minimum atomic E-state index is -0.463. The Morgan fingerprint density at radius 1 is 1.28 bits per heavy atom. The number of aryl methyl sites for hydroxylation is 1. The van der Waals surface area contributed by atoms with E-state index < -0.39 is 5.97 Å². The number of carbonyl (C=O) groups excluding carboxylic acids is 2. The van der Waals surface area contributed by atoms with Gasteiger partial charge in [-0.1, -0.05) is 47.7 Å². The number of methoxy groups -OCH3 is 1. The van der Waals surface area contributed by atoms with Crippen LogP contribution in [0.4, 0.5) is 0 Å². The molecule has 0 aromatic heterocycles. The SMILES string of the molecule is COc1cc(/C=C2\SC(=S)N(C[C@@H]3CCCO3)C2=O)ccc1OC(=O)c1cccc(C)c1. The van der Waals surface area contributed by atoms with Crippen molar-refractivity contribution in [3.05, 3.63) is 64.1 Å². The Kier molecular flexibility index (Phi) is 6.93. The van der Waals surface area contributed by atoms with Crippen LogP contribution in [0.25, 0.3) is 6.08 Å². The van der Waals surface area contributed by atoms with E-state index in [2.05, 4.69) is 0 Å². The average Bonchev–Trinajstić information content (AvgIpc) is 3.39. The van der Waals surface area contributed by atoms with Gasteiger partial charge >= 0.3 is 5.97 Å². The normalized spacial score (nSPS) is 19.6. The predicted octanol–water partition coefficient (Wildman–Crippen LogP) is 4.60. The summed E-state index contributed by atoms with van der Waals surface area (Å²) < 4.78 is 17.1. The molecule has 8 heteroatoms. The van der Waals surface area contributed by atoms with Crippen molar-refractivity contribution in [3.8, 4) is 11.5 Å². The molecule has 2 aliphatic rings. The molecule has 1 atom stereocenters. The number of benzene rings is 2. The topological polar surface area (TPSA) is 65.1 Å². The number of amides is 1. The number of thiocarbonyl (C=S) groups is 1. The summed E-state index contributed by atoms with van der Waals surface area (Å²) in [6, 6.07) is 12.3. The van der Waals surface area contributed by atoms with Gasteiger partial charge in [0.25, 0.3) is 5.91 Å². The Morgan fingerprint density at radius 2 is 2.12 bits per heavy atom. The Hall–Kier alpha value is -2.68. The summed E-state index contributed by atoms with van der Waals surface area (Å²) in [5.41, 5.74) is 2.18. The fourth-order valence-electron chi connectivity index (χ4n) is 3.59. The van der Waals surface area contributed by atoms with Crippen LogP contribution < -0.4 is 9.47 Å². The van der Waals surface area contributed by atoms with Crippen LogP contribution in [0.5, 0.6) is 11.5 Å². The van der Waals surface area contributed by atoms with Crippen molar-refractivity contribution in [3.63, 3.8) is 0 Å². The van der Waals surface area contributed by atoms with Crippen LogP contribution in [0.2, 0.25) is 0 Å². The Balaban J connectivity index is 1.50.